The summed E-state index contributed by atoms with van der Waals surface area (Å²) in [6.07, 6.45) is 3.41. The van der Waals surface area contributed by atoms with Gasteiger partial charge in [0.1, 0.15) is 5.82 Å². The predicted molar refractivity (Wildman–Crippen MR) is 101 cm³/mol. The molecule has 128 valence electrons. The summed E-state index contributed by atoms with van der Waals surface area (Å²) in [6.45, 7) is 0.308. The molecule has 3 rings (SSSR count). The molecule has 3 aromatic rings. The van der Waals surface area contributed by atoms with E-state index in [0.717, 1.165) is 5.56 Å². The van der Waals surface area contributed by atoms with Crippen LogP contribution in [-0.4, -0.2) is 33.2 Å². The van der Waals surface area contributed by atoms with Crippen LogP contribution in [0.5, 0.6) is 0 Å². The van der Waals surface area contributed by atoms with E-state index in [1.54, 1.807) is 36.7 Å². The first-order valence-electron chi connectivity index (χ1n) is 7.52. The summed E-state index contributed by atoms with van der Waals surface area (Å²) in [5, 5.41) is 16.1. The number of nitrogens with zero attached hydrogens (tertiary/aromatic N) is 3. The second kappa shape index (κ2) is 8.11. The molecule has 1 aromatic carbocycles. The Hall–Kier alpha value is -2.41. The topological polar surface area (TPSA) is 83.0 Å². The van der Waals surface area contributed by atoms with E-state index < -0.39 is 0 Å². The highest BCUT2D eigenvalue weighted by molar-refractivity contribution is 6.39. The number of benzene rings is 1. The molecule has 3 N–H and O–H groups in total. The third kappa shape index (κ3) is 4.36. The van der Waals surface area contributed by atoms with Gasteiger partial charge in [-0.15, -0.1) is 0 Å². The van der Waals surface area contributed by atoms with Crippen LogP contribution in [0.1, 0.15) is 0 Å². The first-order valence-corrected chi connectivity index (χ1v) is 8.28. The number of para-hydroxylation sites is 1. The molecular weight excluding hydrogens is 361 g/mol. The van der Waals surface area contributed by atoms with Crippen molar-refractivity contribution in [1.82, 2.24) is 15.0 Å². The van der Waals surface area contributed by atoms with Gasteiger partial charge in [-0.05, 0) is 24.3 Å². The van der Waals surface area contributed by atoms with Crippen LogP contribution in [0.2, 0.25) is 10.0 Å². The van der Waals surface area contributed by atoms with Crippen molar-refractivity contribution in [3.63, 3.8) is 0 Å². The van der Waals surface area contributed by atoms with Crippen LogP contribution in [0.15, 0.2) is 48.8 Å². The molecule has 6 nitrogen and oxygen atoms in total. The molecule has 0 saturated carbocycles. The van der Waals surface area contributed by atoms with Crippen LogP contribution < -0.4 is 10.6 Å². The lowest BCUT2D eigenvalue weighted by molar-refractivity contribution is 0.311. The fraction of sp³-hybridized carbons (Fsp3) is 0.118. The number of halogens is 2. The molecule has 0 radical (unpaired) electrons. The van der Waals surface area contributed by atoms with E-state index in [4.69, 9.17) is 28.3 Å². The van der Waals surface area contributed by atoms with E-state index in [1.807, 2.05) is 12.1 Å². The summed E-state index contributed by atoms with van der Waals surface area (Å²) in [7, 11) is 0. The third-order valence-corrected chi connectivity index (χ3v) is 3.92. The Morgan fingerprint density at radius 1 is 1.04 bits per heavy atom. The van der Waals surface area contributed by atoms with Gasteiger partial charge in [-0.3, -0.25) is 4.98 Å². The van der Waals surface area contributed by atoms with Gasteiger partial charge < -0.3 is 15.7 Å². The number of hydrogen-bond acceptors (Lipinski definition) is 6. The SMILES string of the molecule is OCCNc1nc(Nc2c(Cl)cccc2Cl)cc(-c2cccnc2)n1. The number of aliphatic hydroxyl groups is 1. The van der Waals surface area contributed by atoms with Crippen molar-refractivity contribution in [3.8, 4) is 11.3 Å². The Morgan fingerprint density at radius 2 is 1.84 bits per heavy atom. The molecule has 2 heterocycles. The van der Waals surface area contributed by atoms with Crippen molar-refractivity contribution in [2.45, 2.75) is 0 Å². The molecule has 0 saturated heterocycles. The number of aromatic nitrogens is 3. The highest BCUT2D eigenvalue weighted by Crippen LogP contribution is 2.33. The van der Waals surface area contributed by atoms with Crippen molar-refractivity contribution in [2.24, 2.45) is 0 Å². The van der Waals surface area contributed by atoms with Gasteiger partial charge in [0.05, 0.1) is 28.0 Å². The fourth-order valence-corrected chi connectivity index (χ4v) is 2.66. The zero-order valence-electron chi connectivity index (χ0n) is 13.1. The highest BCUT2D eigenvalue weighted by Gasteiger charge is 2.10. The fourth-order valence-electron chi connectivity index (χ4n) is 2.17. The van der Waals surface area contributed by atoms with Crippen molar-refractivity contribution < 1.29 is 5.11 Å². The van der Waals surface area contributed by atoms with Crippen LogP contribution in [0.3, 0.4) is 0 Å². The minimum atomic E-state index is -0.0282. The second-order valence-corrected chi connectivity index (χ2v) is 5.89. The van der Waals surface area contributed by atoms with Gasteiger partial charge in [0, 0.05) is 30.6 Å². The predicted octanol–water partition coefficient (Wildman–Crippen LogP) is 3.99. The van der Waals surface area contributed by atoms with Crippen LogP contribution in [0, 0.1) is 0 Å². The number of aliphatic hydroxyl groups excluding tert-OH is 1. The smallest absolute Gasteiger partial charge is 0.225 e. The summed E-state index contributed by atoms with van der Waals surface area (Å²) in [4.78, 5) is 13.0. The molecule has 0 aliphatic rings. The van der Waals surface area contributed by atoms with Gasteiger partial charge in [0.15, 0.2) is 0 Å². The first-order chi connectivity index (χ1) is 12.2. The maximum atomic E-state index is 9.01. The normalized spacial score (nSPS) is 10.5. The Morgan fingerprint density at radius 3 is 2.52 bits per heavy atom. The van der Waals surface area contributed by atoms with E-state index in [0.29, 0.717) is 39.7 Å². The summed E-state index contributed by atoms with van der Waals surface area (Å²) < 4.78 is 0. The summed E-state index contributed by atoms with van der Waals surface area (Å²) >= 11 is 12.4. The molecule has 0 bridgehead atoms. The lowest BCUT2D eigenvalue weighted by atomic mass is 10.2. The van der Waals surface area contributed by atoms with Gasteiger partial charge in [-0.1, -0.05) is 29.3 Å². The van der Waals surface area contributed by atoms with E-state index in [2.05, 4.69) is 25.6 Å². The maximum Gasteiger partial charge on any atom is 0.225 e. The number of hydrogen-bond donors (Lipinski definition) is 3. The Labute approximate surface area is 154 Å². The first kappa shape index (κ1) is 17.4. The van der Waals surface area contributed by atoms with Crippen LogP contribution >= 0.6 is 23.2 Å². The van der Waals surface area contributed by atoms with E-state index in [9.17, 15) is 0 Å². The number of pyridine rings is 1. The van der Waals surface area contributed by atoms with Gasteiger partial charge in [0.25, 0.3) is 0 Å². The van der Waals surface area contributed by atoms with E-state index >= 15 is 0 Å². The van der Waals surface area contributed by atoms with Crippen molar-refractivity contribution in [1.29, 1.82) is 0 Å². The number of nitrogens with one attached hydrogen (secondary N) is 2. The number of anilines is 3. The summed E-state index contributed by atoms with van der Waals surface area (Å²) in [5.41, 5.74) is 2.08. The molecule has 0 amide bonds. The maximum absolute atomic E-state index is 9.01. The summed E-state index contributed by atoms with van der Waals surface area (Å²) in [6, 6.07) is 10.8. The summed E-state index contributed by atoms with van der Waals surface area (Å²) in [5.74, 6) is 0.894. The zero-order chi connectivity index (χ0) is 17.6. The van der Waals surface area contributed by atoms with Crippen molar-refractivity contribution in [2.75, 3.05) is 23.8 Å². The highest BCUT2D eigenvalue weighted by atomic mass is 35.5. The molecule has 0 fully saturated rings. The van der Waals surface area contributed by atoms with E-state index in [1.165, 1.54) is 0 Å². The average molecular weight is 376 g/mol. The monoisotopic (exact) mass is 375 g/mol. The Bertz CT molecular complexity index is 841. The average Bonchev–Trinajstić information content (AvgIpc) is 2.64. The molecule has 0 spiro atoms. The van der Waals surface area contributed by atoms with Gasteiger partial charge in [0.2, 0.25) is 5.95 Å². The lowest BCUT2D eigenvalue weighted by Gasteiger charge is -2.13. The van der Waals surface area contributed by atoms with E-state index in [-0.39, 0.29) is 6.61 Å². The van der Waals surface area contributed by atoms with Crippen LogP contribution in [-0.2, 0) is 0 Å². The molecule has 2 aromatic heterocycles. The second-order valence-electron chi connectivity index (χ2n) is 5.08. The lowest BCUT2D eigenvalue weighted by Crippen LogP contribution is -2.10. The van der Waals surface area contributed by atoms with Gasteiger partial charge >= 0.3 is 0 Å². The molecule has 25 heavy (non-hydrogen) atoms. The molecule has 8 heteroatoms. The van der Waals surface area contributed by atoms with Gasteiger partial charge in [-0.25, -0.2) is 4.98 Å². The minimum absolute atomic E-state index is 0.0282. The molecular formula is C17H15Cl2N5O. The Kier molecular flexibility index (Phi) is 5.65. The molecule has 0 aliphatic carbocycles. The third-order valence-electron chi connectivity index (χ3n) is 3.29. The molecule has 0 unspecified atom stereocenters. The quantitative estimate of drug-likeness (QED) is 0.603. The largest absolute Gasteiger partial charge is 0.395 e. The number of rotatable bonds is 6. The van der Waals surface area contributed by atoms with Crippen LogP contribution in [0.25, 0.3) is 11.3 Å². The van der Waals surface area contributed by atoms with Gasteiger partial charge in [-0.2, -0.15) is 4.98 Å². The van der Waals surface area contributed by atoms with Crippen LogP contribution in [0.4, 0.5) is 17.5 Å². The zero-order valence-corrected chi connectivity index (χ0v) is 14.6. The Balaban J connectivity index is 2.00. The standard InChI is InChI=1S/C17H15Cl2N5O/c18-12-4-1-5-13(19)16(12)23-15-9-14(11-3-2-6-20-10-11)22-17(24-15)21-7-8-25/h1-6,9-10,25H,7-8H2,(H2,21,22,23,24). The molecule has 0 atom stereocenters. The molecule has 0 aliphatic heterocycles. The van der Waals surface area contributed by atoms with Crippen molar-refractivity contribution in [3.05, 3.63) is 58.8 Å². The van der Waals surface area contributed by atoms with Crippen molar-refractivity contribution >= 4 is 40.7 Å². The minimum Gasteiger partial charge on any atom is -0.395 e.